The van der Waals surface area contributed by atoms with Crippen LogP contribution in [0.15, 0.2) is 17.1 Å². The Balaban J connectivity index is 0.00000441. The first-order valence-electron chi connectivity index (χ1n) is 6.66. The Hall–Kier alpha value is -0.390. The van der Waals surface area contributed by atoms with Crippen molar-refractivity contribution in [2.75, 3.05) is 38.8 Å². The van der Waals surface area contributed by atoms with Gasteiger partial charge in [0.05, 0.1) is 25.5 Å². The monoisotopic (exact) mass is 461 g/mol. The summed E-state index contributed by atoms with van der Waals surface area (Å²) in [5, 5.41) is 6.33. The number of hydrogen-bond acceptors (Lipinski definition) is 5. The summed E-state index contributed by atoms with van der Waals surface area (Å²) in [6.45, 7) is 4.05. The third-order valence-corrected chi connectivity index (χ3v) is 4.50. The van der Waals surface area contributed by atoms with Crippen LogP contribution in [0.5, 0.6) is 0 Å². The summed E-state index contributed by atoms with van der Waals surface area (Å²) < 4.78 is 27.1. The van der Waals surface area contributed by atoms with Crippen LogP contribution in [-0.4, -0.2) is 53.2 Å². The summed E-state index contributed by atoms with van der Waals surface area (Å²) in [6.07, 6.45) is 1.20. The molecule has 1 heterocycles. The molecule has 9 heteroatoms. The second-order valence-corrected chi connectivity index (χ2v) is 8.24. The van der Waals surface area contributed by atoms with Crippen LogP contribution in [0.25, 0.3) is 0 Å². The minimum absolute atomic E-state index is 0. The highest BCUT2D eigenvalue weighted by Crippen LogP contribution is 2.14. The fraction of sp³-hybridized carbons (Fsp3) is 0.615. The van der Waals surface area contributed by atoms with Gasteiger partial charge >= 0.3 is 0 Å². The van der Waals surface area contributed by atoms with Gasteiger partial charge in [-0.25, -0.2) is 8.42 Å². The quantitative estimate of drug-likeness (QED) is 0.265. The Kier molecular flexibility index (Phi) is 11.0. The maximum absolute atomic E-state index is 10.9. The number of hydrogen-bond donors (Lipinski definition) is 2. The van der Waals surface area contributed by atoms with Crippen LogP contribution in [0, 0.1) is 6.92 Å². The number of aliphatic imine (C=N–C) groups is 1. The van der Waals surface area contributed by atoms with Gasteiger partial charge in [-0.05, 0) is 19.1 Å². The van der Waals surface area contributed by atoms with E-state index in [1.165, 1.54) is 16.0 Å². The number of guanidine groups is 1. The van der Waals surface area contributed by atoms with Gasteiger partial charge in [0.15, 0.2) is 5.96 Å². The Bertz CT molecular complexity index is 559. The van der Waals surface area contributed by atoms with E-state index in [0.717, 1.165) is 6.54 Å². The molecule has 0 radical (unpaired) electrons. The topological polar surface area (TPSA) is 79.8 Å². The lowest BCUT2D eigenvalue weighted by molar-refractivity contribution is 0.154. The summed E-state index contributed by atoms with van der Waals surface area (Å²) in [7, 11) is -1.24. The predicted octanol–water partition coefficient (Wildman–Crippen LogP) is 1.40. The average molecular weight is 461 g/mol. The third kappa shape index (κ3) is 10.4. The average Bonchev–Trinajstić information content (AvgIpc) is 2.81. The molecule has 0 amide bonds. The van der Waals surface area contributed by atoms with E-state index in [-0.39, 0.29) is 36.3 Å². The zero-order chi connectivity index (χ0) is 15.7. The summed E-state index contributed by atoms with van der Waals surface area (Å²) in [6, 6.07) is 4.18. The molecule has 22 heavy (non-hydrogen) atoms. The summed E-state index contributed by atoms with van der Waals surface area (Å²) in [5.41, 5.74) is 0. The number of ether oxygens (including phenoxy) is 1. The van der Waals surface area contributed by atoms with Gasteiger partial charge in [0.1, 0.15) is 9.84 Å². The lowest BCUT2D eigenvalue weighted by atomic mass is 10.4. The maximum atomic E-state index is 10.9. The molecule has 0 atom stereocenters. The van der Waals surface area contributed by atoms with Gasteiger partial charge < -0.3 is 15.4 Å². The molecule has 0 aromatic carbocycles. The number of aryl methyl sites for hydroxylation is 1. The largest absolute Gasteiger partial charge is 0.379 e. The van der Waals surface area contributed by atoms with Crippen molar-refractivity contribution >= 4 is 51.1 Å². The van der Waals surface area contributed by atoms with E-state index in [2.05, 4.69) is 34.7 Å². The van der Waals surface area contributed by atoms with Crippen molar-refractivity contribution in [2.45, 2.75) is 13.5 Å². The molecule has 2 N–H and O–H groups in total. The summed E-state index contributed by atoms with van der Waals surface area (Å²) in [4.78, 5) is 6.65. The van der Waals surface area contributed by atoms with Gasteiger partial charge in [-0.15, -0.1) is 35.3 Å². The van der Waals surface area contributed by atoms with Gasteiger partial charge in [-0.1, -0.05) is 0 Å². The fourth-order valence-corrected chi connectivity index (χ4v) is 2.78. The third-order valence-electron chi connectivity index (χ3n) is 2.59. The van der Waals surface area contributed by atoms with E-state index in [0.29, 0.717) is 19.1 Å². The first-order chi connectivity index (χ1) is 9.90. The van der Waals surface area contributed by atoms with E-state index >= 15 is 0 Å². The van der Waals surface area contributed by atoms with E-state index in [4.69, 9.17) is 4.74 Å². The smallest absolute Gasteiger partial charge is 0.191 e. The number of thiophene rings is 1. The van der Waals surface area contributed by atoms with Crippen molar-refractivity contribution in [3.05, 3.63) is 21.9 Å². The van der Waals surface area contributed by atoms with Gasteiger partial charge in [0.25, 0.3) is 0 Å². The second kappa shape index (κ2) is 11.2. The minimum atomic E-state index is -2.95. The minimum Gasteiger partial charge on any atom is -0.379 e. The van der Waals surface area contributed by atoms with Crippen molar-refractivity contribution in [3.63, 3.8) is 0 Å². The SMILES string of the molecule is CN=C(NCCOCCS(C)(=O)=O)NCc1ccc(C)s1.I. The van der Waals surface area contributed by atoms with Crippen LogP contribution in [0.1, 0.15) is 9.75 Å². The van der Waals surface area contributed by atoms with Crippen molar-refractivity contribution < 1.29 is 13.2 Å². The first-order valence-corrected chi connectivity index (χ1v) is 9.54. The molecular weight excluding hydrogens is 437 g/mol. The Morgan fingerprint density at radius 2 is 2.05 bits per heavy atom. The van der Waals surface area contributed by atoms with E-state index < -0.39 is 9.84 Å². The number of sulfone groups is 1. The van der Waals surface area contributed by atoms with Crippen LogP contribution >= 0.6 is 35.3 Å². The zero-order valence-corrected chi connectivity index (χ0v) is 17.1. The first kappa shape index (κ1) is 21.6. The standard InChI is InChI=1S/C13H23N3O3S2.HI/c1-11-4-5-12(20-11)10-16-13(14-2)15-6-7-19-8-9-21(3,17)18;/h4-5H,6-10H2,1-3H3,(H2,14,15,16);1H. The summed E-state index contributed by atoms with van der Waals surface area (Å²) >= 11 is 1.75. The van der Waals surface area contributed by atoms with Gasteiger partial charge in [0, 0.05) is 29.6 Å². The maximum Gasteiger partial charge on any atom is 0.191 e. The molecule has 0 aliphatic heterocycles. The molecule has 0 saturated carbocycles. The number of nitrogens with zero attached hydrogens (tertiary/aromatic N) is 1. The number of nitrogens with one attached hydrogen (secondary N) is 2. The van der Waals surface area contributed by atoms with Crippen LogP contribution in [0.2, 0.25) is 0 Å². The van der Waals surface area contributed by atoms with Gasteiger partial charge in [-0.3, -0.25) is 4.99 Å². The van der Waals surface area contributed by atoms with Crippen molar-refractivity contribution in [1.29, 1.82) is 0 Å². The molecule has 1 aromatic rings. The highest BCUT2D eigenvalue weighted by atomic mass is 127. The lowest BCUT2D eigenvalue weighted by Gasteiger charge is -2.11. The number of halogens is 1. The zero-order valence-electron chi connectivity index (χ0n) is 13.1. The fourth-order valence-electron chi connectivity index (χ4n) is 1.53. The molecule has 0 bridgehead atoms. The van der Waals surface area contributed by atoms with E-state index in [9.17, 15) is 8.42 Å². The van der Waals surface area contributed by atoms with Crippen molar-refractivity contribution in [3.8, 4) is 0 Å². The predicted molar refractivity (Wildman–Crippen MR) is 103 cm³/mol. The van der Waals surface area contributed by atoms with Crippen LogP contribution in [-0.2, 0) is 21.1 Å². The van der Waals surface area contributed by atoms with Gasteiger partial charge in [-0.2, -0.15) is 0 Å². The molecule has 0 aliphatic carbocycles. The van der Waals surface area contributed by atoms with E-state index in [1.54, 1.807) is 18.4 Å². The molecular formula is C13H24IN3O3S2. The Morgan fingerprint density at radius 1 is 1.32 bits per heavy atom. The van der Waals surface area contributed by atoms with Crippen molar-refractivity contribution in [1.82, 2.24) is 10.6 Å². The summed E-state index contributed by atoms with van der Waals surface area (Å²) in [5.74, 6) is 0.755. The van der Waals surface area contributed by atoms with E-state index in [1.807, 2.05) is 0 Å². The highest BCUT2D eigenvalue weighted by molar-refractivity contribution is 14.0. The molecule has 128 valence electrons. The number of rotatable bonds is 8. The molecule has 0 spiro atoms. The van der Waals surface area contributed by atoms with Crippen LogP contribution in [0.4, 0.5) is 0 Å². The molecule has 0 saturated heterocycles. The molecule has 0 fully saturated rings. The normalized spacial score (nSPS) is 11.9. The van der Waals surface area contributed by atoms with Crippen LogP contribution < -0.4 is 10.6 Å². The Labute approximate surface area is 153 Å². The Morgan fingerprint density at radius 3 is 2.59 bits per heavy atom. The second-order valence-electron chi connectivity index (χ2n) is 4.61. The van der Waals surface area contributed by atoms with Gasteiger partial charge in [0.2, 0.25) is 0 Å². The van der Waals surface area contributed by atoms with Crippen LogP contribution in [0.3, 0.4) is 0 Å². The molecule has 1 aromatic heterocycles. The highest BCUT2D eigenvalue weighted by Gasteiger charge is 2.02. The van der Waals surface area contributed by atoms with Crippen molar-refractivity contribution in [2.24, 2.45) is 4.99 Å². The molecule has 0 unspecified atom stereocenters. The molecule has 0 aliphatic rings. The lowest BCUT2D eigenvalue weighted by Crippen LogP contribution is -2.38. The molecule has 6 nitrogen and oxygen atoms in total. The molecule has 1 rings (SSSR count).